The van der Waals surface area contributed by atoms with Gasteiger partial charge < -0.3 is 15.2 Å². The van der Waals surface area contributed by atoms with Crippen molar-refractivity contribution in [2.75, 3.05) is 0 Å². The maximum atomic E-state index is 11.5. The van der Waals surface area contributed by atoms with Gasteiger partial charge in [-0.25, -0.2) is 9.59 Å². The van der Waals surface area contributed by atoms with E-state index in [-0.39, 0.29) is 5.82 Å². The zero-order valence-electron chi connectivity index (χ0n) is 10.7. The van der Waals surface area contributed by atoms with Crippen LogP contribution in [-0.2, 0) is 9.53 Å². The molecule has 0 aromatic carbocycles. The van der Waals surface area contributed by atoms with Crippen LogP contribution in [0.4, 0.5) is 4.79 Å². The van der Waals surface area contributed by atoms with E-state index >= 15 is 0 Å². The lowest BCUT2D eigenvalue weighted by Crippen LogP contribution is -2.42. The van der Waals surface area contributed by atoms with E-state index in [1.54, 1.807) is 20.8 Å². The molecule has 1 heterocycles. The number of nitrogens with zero attached hydrogens (tertiary/aromatic N) is 3. The highest BCUT2D eigenvalue weighted by Crippen LogP contribution is 2.07. The van der Waals surface area contributed by atoms with Crippen molar-refractivity contribution in [2.24, 2.45) is 0 Å². The molecule has 0 aliphatic carbocycles. The van der Waals surface area contributed by atoms with Gasteiger partial charge in [0.1, 0.15) is 11.6 Å². The van der Waals surface area contributed by atoms with E-state index in [4.69, 9.17) is 9.84 Å². The first-order valence-electron chi connectivity index (χ1n) is 5.42. The molecule has 1 aromatic heterocycles. The summed E-state index contributed by atoms with van der Waals surface area (Å²) in [6, 6.07) is -1.24. The summed E-state index contributed by atoms with van der Waals surface area (Å²) in [6.45, 7) is 5.03. The molecule has 0 fully saturated rings. The lowest BCUT2D eigenvalue weighted by atomic mass is 10.2. The van der Waals surface area contributed by atoms with Gasteiger partial charge in [-0.1, -0.05) is 0 Å². The van der Waals surface area contributed by atoms with E-state index in [9.17, 15) is 9.59 Å². The Kier molecular flexibility index (Phi) is 4.56. The molecule has 0 spiro atoms. The minimum absolute atomic E-state index is 0.206. The highest BCUT2D eigenvalue weighted by atomic mass is 16.6. The number of carboxylic acids is 1. The Balaban J connectivity index is 2.64. The van der Waals surface area contributed by atoms with E-state index in [2.05, 4.69) is 25.9 Å². The van der Waals surface area contributed by atoms with E-state index in [0.29, 0.717) is 0 Å². The molecule has 0 aliphatic heterocycles. The van der Waals surface area contributed by atoms with E-state index < -0.39 is 23.7 Å². The van der Waals surface area contributed by atoms with Gasteiger partial charge in [-0.15, -0.1) is 10.2 Å². The summed E-state index contributed by atoms with van der Waals surface area (Å²) in [5, 5.41) is 23.9. The van der Waals surface area contributed by atoms with Crippen molar-refractivity contribution in [3.8, 4) is 0 Å². The Morgan fingerprint density at radius 1 is 1.47 bits per heavy atom. The lowest BCUT2D eigenvalue weighted by Gasteiger charge is -2.20. The number of H-pyrrole nitrogens is 1. The van der Waals surface area contributed by atoms with Gasteiger partial charge >= 0.3 is 12.1 Å². The first-order valence-corrected chi connectivity index (χ1v) is 5.42. The molecule has 19 heavy (non-hydrogen) atoms. The number of aliphatic carboxylic acids is 1. The Morgan fingerprint density at radius 3 is 2.63 bits per heavy atom. The Labute approximate surface area is 109 Å². The Morgan fingerprint density at radius 2 is 2.16 bits per heavy atom. The summed E-state index contributed by atoms with van der Waals surface area (Å²) in [5.41, 5.74) is -0.704. The molecule has 1 unspecified atom stereocenters. The number of amides is 1. The molecule has 0 saturated heterocycles. The molecular formula is C10H15N5O4. The smallest absolute Gasteiger partial charge is 0.408 e. The van der Waals surface area contributed by atoms with Crippen molar-refractivity contribution < 1.29 is 19.4 Å². The maximum Gasteiger partial charge on any atom is 0.408 e. The molecule has 9 heteroatoms. The van der Waals surface area contributed by atoms with Crippen LogP contribution in [0.5, 0.6) is 0 Å². The van der Waals surface area contributed by atoms with Gasteiger partial charge in [0.15, 0.2) is 5.82 Å². The molecule has 1 amide bonds. The van der Waals surface area contributed by atoms with Crippen LogP contribution in [0.1, 0.15) is 26.6 Å². The predicted molar refractivity (Wildman–Crippen MR) is 64.0 cm³/mol. The fraction of sp³-hybridized carbons (Fsp3) is 0.500. The lowest BCUT2D eigenvalue weighted by molar-refractivity contribution is -0.138. The van der Waals surface area contributed by atoms with E-state index in [1.807, 2.05) is 0 Å². The van der Waals surface area contributed by atoms with Crippen LogP contribution in [0.2, 0.25) is 0 Å². The zero-order valence-corrected chi connectivity index (χ0v) is 10.7. The number of hydrogen-bond acceptors (Lipinski definition) is 6. The molecule has 0 aliphatic rings. The molecule has 3 N–H and O–H groups in total. The van der Waals surface area contributed by atoms with Crippen LogP contribution in [0.25, 0.3) is 6.08 Å². The largest absolute Gasteiger partial charge is 0.479 e. The van der Waals surface area contributed by atoms with Gasteiger partial charge in [-0.3, -0.25) is 0 Å². The fourth-order valence-electron chi connectivity index (χ4n) is 1.05. The number of carbonyl (C=O) groups excluding carboxylic acids is 1. The number of nitrogens with one attached hydrogen (secondary N) is 2. The normalized spacial score (nSPS) is 13.2. The monoisotopic (exact) mass is 269 g/mol. The van der Waals surface area contributed by atoms with Crippen LogP contribution >= 0.6 is 0 Å². The number of carbonyl (C=O) groups is 2. The fourth-order valence-corrected chi connectivity index (χ4v) is 1.05. The number of aromatic amines is 1. The number of alkyl carbamates (subject to hydrolysis) is 1. The van der Waals surface area contributed by atoms with Gasteiger partial charge in [0.2, 0.25) is 0 Å². The van der Waals surface area contributed by atoms with Crippen molar-refractivity contribution >= 4 is 18.1 Å². The highest BCUT2D eigenvalue weighted by molar-refractivity contribution is 5.82. The van der Waals surface area contributed by atoms with Crippen LogP contribution in [0.3, 0.4) is 0 Å². The minimum Gasteiger partial charge on any atom is -0.479 e. The van der Waals surface area contributed by atoms with Gasteiger partial charge in [0, 0.05) is 0 Å². The topological polar surface area (TPSA) is 130 Å². The van der Waals surface area contributed by atoms with Crippen LogP contribution in [0.15, 0.2) is 6.08 Å². The number of ether oxygens (including phenoxy) is 1. The summed E-state index contributed by atoms with van der Waals surface area (Å²) >= 11 is 0. The van der Waals surface area contributed by atoms with E-state index in [0.717, 1.165) is 0 Å². The second-order valence-corrected chi connectivity index (χ2v) is 4.59. The molecule has 9 nitrogen and oxygen atoms in total. The second-order valence-electron chi connectivity index (χ2n) is 4.59. The van der Waals surface area contributed by atoms with Gasteiger partial charge in [0.05, 0.1) is 0 Å². The molecular weight excluding hydrogens is 254 g/mol. The van der Waals surface area contributed by atoms with Gasteiger partial charge in [-0.2, -0.15) is 5.21 Å². The Bertz CT molecular complexity index is 463. The van der Waals surface area contributed by atoms with Crippen molar-refractivity contribution in [3.05, 3.63) is 11.9 Å². The second kappa shape index (κ2) is 5.94. The molecule has 104 valence electrons. The summed E-state index contributed by atoms with van der Waals surface area (Å²) in [6.07, 6.45) is 1.72. The maximum absolute atomic E-state index is 11.5. The standard InChI is InChI=1S/C10H15N5O4/c1-10(2,3)19-9(18)11-6(8(16)17)4-5-7-12-14-15-13-7/h4-6H,1-3H3,(H,11,18)(H,16,17)(H,12,13,14,15). The third-order valence-corrected chi connectivity index (χ3v) is 1.74. The predicted octanol–water partition coefficient (Wildman–Crippen LogP) is 0.191. The summed E-state index contributed by atoms with van der Waals surface area (Å²) < 4.78 is 4.96. The molecule has 1 atom stereocenters. The quantitative estimate of drug-likeness (QED) is 0.711. The van der Waals surface area contributed by atoms with Crippen molar-refractivity contribution in [1.82, 2.24) is 25.9 Å². The van der Waals surface area contributed by atoms with Crippen molar-refractivity contribution in [1.29, 1.82) is 0 Å². The third kappa shape index (κ3) is 5.61. The first-order chi connectivity index (χ1) is 8.78. The van der Waals surface area contributed by atoms with Gasteiger partial charge in [0.25, 0.3) is 0 Å². The van der Waals surface area contributed by atoms with E-state index in [1.165, 1.54) is 12.2 Å². The number of aromatic nitrogens is 4. The highest BCUT2D eigenvalue weighted by Gasteiger charge is 2.21. The number of hydrogen-bond donors (Lipinski definition) is 3. The summed E-state index contributed by atoms with van der Waals surface area (Å²) in [4.78, 5) is 22.4. The molecule has 0 bridgehead atoms. The summed E-state index contributed by atoms with van der Waals surface area (Å²) in [7, 11) is 0. The SMILES string of the molecule is CC(C)(C)OC(=O)NC(C=Cc1nn[nH]n1)C(=O)O. The molecule has 1 aromatic rings. The molecule has 0 radical (unpaired) electrons. The van der Waals surface area contributed by atoms with Crippen LogP contribution < -0.4 is 5.32 Å². The number of tetrazole rings is 1. The van der Waals surface area contributed by atoms with Crippen molar-refractivity contribution in [3.63, 3.8) is 0 Å². The minimum atomic E-state index is -1.24. The third-order valence-electron chi connectivity index (χ3n) is 1.74. The van der Waals surface area contributed by atoms with Crippen LogP contribution in [-0.4, -0.2) is 49.4 Å². The van der Waals surface area contributed by atoms with Gasteiger partial charge in [-0.05, 0) is 38.1 Å². The first kappa shape index (κ1) is 14.6. The zero-order chi connectivity index (χ0) is 14.5. The van der Waals surface area contributed by atoms with Crippen molar-refractivity contribution in [2.45, 2.75) is 32.4 Å². The van der Waals surface area contributed by atoms with Crippen LogP contribution in [0, 0.1) is 0 Å². The summed E-state index contributed by atoms with van der Waals surface area (Å²) in [5.74, 6) is -1.03. The number of rotatable bonds is 4. The average Bonchev–Trinajstić information content (AvgIpc) is 2.73. The number of carboxylic acid groups (broad SMARTS) is 1. The average molecular weight is 269 g/mol. The molecule has 0 saturated carbocycles. The molecule has 1 rings (SSSR count). The Hall–Kier alpha value is -2.45.